The average Bonchev–Trinajstić information content (AvgIpc) is 3.18. The third-order valence-corrected chi connectivity index (χ3v) is 4.81. The van der Waals surface area contributed by atoms with Crippen molar-refractivity contribution >= 4 is 18.3 Å². The zero-order chi connectivity index (χ0) is 16.4. The van der Waals surface area contributed by atoms with Crippen LogP contribution in [-0.2, 0) is 6.42 Å². The fourth-order valence-electron chi connectivity index (χ4n) is 3.49. The molecule has 0 spiro atoms. The topological polar surface area (TPSA) is 59.5 Å². The largest absolute Gasteiger partial charge is 0.456 e. The molecule has 1 aromatic carbocycles. The highest BCUT2D eigenvalue weighted by molar-refractivity contribution is 5.92. The number of benzene rings is 1. The molecule has 0 bridgehead atoms. The molecule has 0 unspecified atom stereocenters. The summed E-state index contributed by atoms with van der Waals surface area (Å²) in [7, 11) is 0. The highest BCUT2D eigenvalue weighted by atomic mass is 35.5. The summed E-state index contributed by atoms with van der Waals surface area (Å²) >= 11 is 0. The Bertz CT molecular complexity index is 684. The number of likely N-dealkylation sites (tertiary alicyclic amines) is 1. The van der Waals surface area contributed by atoms with E-state index in [0.29, 0.717) is 37.2 Å². The van der Waals surface area contributed by atoms with Crippen molar-refractivity contribution in [3.63, 3.8) is 0 Å². The Hall–Kier alpha value is -1.78. The van der Waals surface area contributed by atoms with Crippen molar-refractivity contribution in [2.45, 2.75) is 26.2 Å². The predicted molar refractivity (Wildman–Crippen MR) is 97.7 cm³/mol. The monoisotopic (exact) mass is 348 g/mol. The van der Waals surface area contributed by atoms with Gasteiger partial charge in [-0.05, 0) is 36.6 Å². The highest BCUT2D eigenvalue weighted by Gasteiger charge is 2.36. The Balaban J connectivity index is 0.00000208. The molecule has 2 N–H and O–H groups in total. The number of nitrogens with two attached hydrogens (primary N) is 1. The van der Waals surface area contributed by atoms with Crippen molar-refractivity contribution in [2.24, 2.45) is 11.7 Å². The lowest BCUT2D eigenvalue weighted by molar-refractivity contribution is 0.0753. The van der Waals surface area contributed by atoms with Crippen LogP contribution in [0.25, 0.3) is 0 Å². The third-order valence-electron chi connectivity index (χ3n) is 4.81. The number of carbonyl (C=O) groups is 1. The number of nitrogens with zero attached hydrogens (tertiary/aromatic N) is 1. The molecule has 2 heterocycles. The maximum Gasteiger partial charge on any atom is 0.289 e. The molecule has 3 rings (SSSR count). The highest BCUT2D eigenvalue weighted by Crippen LogP contribution is 2.33. The summed E-state index contributed by atoms with van der Waals surface area (Å²) in [6, 6.07) is 12.2. The van der Waals surface area contributed by atoms with E-state index in [1.165, 1.54) is 5.56 Å². The Morgan fingerprint density at radius 3 is 2.58 bits per heavy atom. The Morgan fingerprint density at radius 1 is 1.29 bits per heavy atom. The lowest BCUT2D eigenvalue weighted by Gasteiger charge is -2.16. The fourth-order valence-corrected chi connectivity index (χ4v) is 3.49. The molecule has 2 aromatic rings. The lowest BCUT2D eigenvalue weighted by Crippen LogP contribution is -2.29. The number of hydrogen-bond acceptors (Lipinski definition) is 3. The number of hydrogen-bond donors (Lipinski definition) is 1. The molecule has 24 heavy (non-hydrogen) atoms. The van der Waals surface area contributed by atoms with Crippen molar-refractivity contribution in [2.75, 3.05) is 19.6 Å². The molecule has 0 saturated carbocycles. The van der Waals surface area contributed by atoms with Crippen LogP contribution >= 0.6 is 12.4 Å². The first-order chi connectivity index (χ1) is 11.1. The quantitative estimate of drug-likeness (QED) is 0.921. The summed E-state index contributed by atoms with van der Waals surface area (Å²) in [4.78, 5) is 14.6. The van der Waals surface area contributed by atoms with E-state index in [-0.39, 0.29) is 18.3 Å². The number of amides is 1. The number of rotatable bonds is 4. The van der Waals surface area contributed by atoms with E-state index in [1.807, 2.05) is 43.0 Å². The van der Waals surface area contributed by atoms with E-state index in [4.69, 9.17) is 10.2 Å². The van der Waals surface area contributed by atoms with Gasteiger partial charge in [0.25, 0.3) is 5.91 Å². The summed E-state index contributed by atoms with van der Waals surface area (Å²) in [5.74, 6) is 1.91. The number of furan rings is 1. The first-order valence-electron chi connectivity index (χ1n) is 8.27. The van der Waals surface area contributed by atoms with Gasteiger partial charge in [-0.3, -0.25) is 4.79 Å². The van der Waals surface area contributed by atoms with Gasteiger partial charge in [0.15, 0.2) is 5.76 Å². The van der Waals surface area contributed by atoms with E-state index < -0.39 is 0 Å². The van der Waals surface area contributed by atoms with Crippen LogP contribution in [0.3, 0.4) is 0 Å². The third kappa shape index (κ3) is 3.50. The summed E-state index contributed by atoms with van der Waals surface area (Å²) in [6.45, 7) is 5.99. The van der Waals surface area contributed by atoms with Gasteiger partial charge in [0.1, 0.15) is 5.76 Å². The molecular weight excluding hydrogens is 324 g/mol. The molecule has 2 atom stereocenters. The molecule has 0 aliphatic carbocycles. The molecule has 1 aliphatic rings. The minimum Gasteiger partial charge on any atom is -0.456 e. The molecule has 4 nitrogen and oxygen atoms in total. The molecule has 5 heteroatoms. The van der Waals surface area contributed by atoms with Gasteiger partial charge >= 0.3 is 0 Å². The maximum absolute atomic E-state index is 12.8. The lowest BCUT2D eigenvalue weighted by atomic mass is 9.89. The normalized spacial score (nSPS) is 20.0. The summed E-state index contributed by atoms with van der Waals surface area (Å²) < 4.78 is 5.73. The van der Waals surface area contributed by atoms with Gasteiger partial charge in [-0.1, -0.05) is 37.3 Å². The number of halogens is 1. The van der Waals surface area contributed by atoms with Gasteiger partial charge in [-0.2, -0.15) is 0 Å². The van der Waals surface area contributed by atoms with Gasteiger partial charge in [-0.25, -0.2) is 0 Å². The second kappa shape index (κ2) is 7.86. The maximum atomic E-state index is 12.8. The summed E-state index contributed by atoms with van der Waals surface area (Å²) in [5, 5.41) is 0. The zero-order valence-corrected chi connectivity index (χ0v) is 15.0. The zero-order valence-electron chi connectivity index (χ0n) is 14.2. The smallest absolute Gasteiger partial charge is 0.289 e. The Morgan fingerprint density at radius 2 is 2.00 bits per heavy atom. The average molecular weight is 349 g/mol. The molecule has 1 aliphatic heterocycles. The molecule has 1 aromatic heterocycles. The van der Waals surface area contributed by atoms with Crippen LogP contribution in [0.4, 0.5) is 0 Å². The van der Waals surface area contributed by atoms with Crippen molar-refractivity contribution < 1.29 is 9.21 Å². The van der Waals surface area contributed by atoms with E-state index in [2.05, 4.69) is 12.1 Å². The van der Waals surface area contributed by atoms with Crippen LogP contribution in [-0.4, -0.2) is 30.4 Å². The molecule has 1 amide bonds. The molecule has 130 valence electrons. The first kappa shape index (κ1) is 18.6. The van der Waals surface area contributed by atoms with Crippen LogP contribution in [0, 0.1) is 12.8 Å². The number of aryl methyl sites for hydroxylation is 2. The standard InChI is InChI=1S/C19H24N2O2.ClH/c1-3-17-13(2)9-18(23-17)19(22)21-11-15(10-20)16(12-21)14-7-5-4-6-8-14;/h4-9,15-16H,3,10-12,20H2,1-2H3;1H/t15-,16+;/m1./s1. The van der Waals surface area contributed by atoms with E-state index in [9.17, 15) is 4.79 Å². The van der Waals surface area contributed by atoms with Crippen LogP contribution in [0.1, 0.15) is 40.3 Å². The number of carbonyl (C=O) groups excluding carboxylic acids is 1. The van der Waals surface area contributed by atoms with Crippen LogP contribution < -0.4 is 5.73 Å². The Kier molecular flexibility index (Phi) is 6.08. The van der Waals surface area contributed by atoms with Crippen molar-refractivity contribution in [3.8, 4) is 0 Å². The van der Waals surface area contributed by atoms with Crippen LogP contribution in [0.15, 0.2) is 40.8 Å². The minimum atomic E-state index is -0.0234. The van der Waals surface area contributed by atoms with Gasteiger partial charge < -0.3 is 15.1 Å². The van der Waals surface area contributed by atoms with E-state index >= 15 is 0 Å². The summed E-state index contributed by atoms with van der Waals surface area (Å²) in [6.07, 6.45) is 0.803. The van der Waals surface area contributed by atoms with E-state index in [1.54, 1.807) is 0 Å². The molecule has 0 radical (unpaired) electrons. The van der Waals surface area contributed by atoms with Gasteiger partial charge in [0.2, 0.25) is 0 Å². The summed E-state index contributed by atoms with van der Waals surface area (Å²) in [5.41, 5.74) is 8.25. The SMILES string of the molecule is CCc1oc(C(=O)N2C[C@@H](CN)[C@H](c3ccccc3)C2)cc1C.Cl. The minimum absolute atomic E-state index is 0. The van der Waals surface area contributed by atoms with Crippen LogP contribution in [0.5, 0.6) is 0 Å². The first-order valence-corrected chi connectivity index (χ1v) is 8.27. The van der Waals surface area contributed by atoms with E-state index in [0.717, 1.165) is 17.7 Å². The van der Waals surface area contributed by atoms with Gasteiger partial charge in [0.05, 0.1) is 0 Å². The second-order valence-electron chi connectivity index (χ2n) is 6.29. The second-order valence-corrected chi connectivity index (χ2v) is 6.29. The van der Waals surface area contributed by atoms with Crippen molar-refractivity contribution in [3.05, 3.63) is 59.0 Å². The molecule has 1 fully saturated rings. The predicted octanol–water partition coefficient (Wildman–Crippen LogP) is 3.39. The van der Waals surface area contributed by atoms with Gasteiger partial charge in [-0.15, -0.1) is 12.4 Å². The van der Waals surface area contributed by atoms with Gasteiger partial charge in [0, 0.05) is 25.4 Å². The molecule has 1 saturated heterocycles. The van der Waals surface area contributed by atoms with Crippen LogP contribution in [0.2, 0.25) is 0 Å². The fraction of sp³-hybridized carbons (Fsp3) is 0.421. The van der Waals surface area contributed by atoms with Crippen molar-refractivity contribution in [1.82, 2.24) is 4.90 Å². The Labute approximate surface area is 149 Å². The molecular formula is C19H25ClN2O2. The van der Waals surface area contributed by atoms with Crippen molar-refractivity contribution in [1.29, 1.82) is 0 Å².